The highest BCUT2D eigenvalue weighted by Crippen LogP contribution is 2.35. The number of nitrogen functional groups attached to an aromatic ring is 1. The summed E-state index contributed by atoms with van der Waals surface area (Å²) in [5.74, 6) is 1.31. The molecule has 0 spiro atoms. The van der Waals surface area contributed by atoms with Crippen molar-refractivity contribution in [2.24, 2.45) is 5.92 Å². The van der Waals surface area contributed by atoms with Gasteiger partial charge in [0.05, 0.1) is 42.8 Å². The summed E-state index contributed by atoms with van der Waals surface area (Å²) in [6, 6.07) is 9.33. The van der Waals surface area contributed by atoms with Crippen molar-refractivity contribution >= 4 is 23.6 Å². The number of likely N-dealkylation sites (tertiary alicyclic amines) is 1. The summed E-state index contributed by atoms with van der Waals surface area (Å²) in [5.41, 5.74) is 12.8. The van der Waals surface area contributed by atoms with Crippen molar-refractivity contribution in [3.8, 4) is 22.9 Å². The number of hydrogen-bond donors (Lipinski definition) is 3. The van der Waals surface area contributed by atoms with Crippen LogP contribution < -0.4 is 10.6 Å². The zero-order chi connectivity index (χ0) is 41.5. The first kappa shape index (κ1) is 39.3. The molecular weight excluding hydrogens is 765 g/mol. The SMILES string of the molecule is CC(C)c1cc(C(=O)N2Cc3ccc(CN4CCC(Cn5cc(C(=O)N6CCc7c(nc(-c8cnc(N)nc8)nc7N7CCOCC7)C6)nn5)CC4)cc3C2)c(O)cc1O. The highest BCUT2D eigenvalue weighted by atomic mass is 16.5. The van der Waals surface area contributed by atoms with Crippen molar-refractivity contribution in [3.63, 3.8) is 0 Å². The van der Waals surface area contributed by atoms with Crippen molar-refractivity contribution < 1.29 is 24.5 Å². The summed E-state index contributed by atoms with van der Waals surface area (Å²) in [6.07, 6.45) is 7.62. The molecule has 2 saturated heterocycles. The second-order valence-corrected chi connectivity index (χ2v) is 16.6. The average Bonchev–Trinajstić information content (AvgIpc) is 3.91. The molecule has 0 atom stereocenters. The number of benzene rings is 2. The summed E-state index contributed by atoms with van der Waals surface area (Å²) < 4.78 is 7.40. The number of nitrogens with zero attached hydrogens (tertiary/aromatic N) is 11. The van der Waals surface area contributed by atoms with Crippen LogP contribution in [0.5, 0.6) is 11.5 Å². The summed E-state index contributed by atoms with van der Waals surface area (Å²) in [7, 11) is 0. The molecule has 0 bridgehead atoms. The number of carbonyl (C=O) groups excluding carboxylic acids is 2. The van der Waals surface area contributed by atoms with Gasteiger partial charge in [-0.25, -0.2) is 19.9 Å². The zero-order valence-electron chi connectivity index (χ0n) is 34.0. The first-order chi connectivity index (χ1) is 29.1. The van der Waals surface area contributed by atoms with E-state index >= 15 is 0 Å². The second-order valence-electron chi connectivity index (χ2n) is 16.6. The van der Waals surface area contributed by atoms with Gasteiger partial charge >= 0.3 is 0 Å². The van der Waals surface area contributed by atoms with Crippen LogP contribution in [-0.2, 0) is 43.9 Å². The number of amides is 2. The number of piperidine rings is 1. The van der Waals surface area contributed by atoms with Gasteiger partial charge in [0.2, 0.25) is 5.95 Å². The topological polar surface area (TPSA) is 205 Å². The number of anilines is 2. The molecule has 4 aliphatic heterocycles. The summed E-state index contributed by atoms with van der Waals surface area (Å²) in [5, 5.41) is 29.4. The van der Waals surface area contributed by atoms with Gasteiger partial charge in [0.15, 0.2) is 11.5 Å². The summed E-state index contributed by atoms with van der Waals surface area (Å²) in [4.78, 5) is 53.6. The Balaban J connectivity index is 0.790. The number of fused-ring (bicyclic) bond motifs is 2. The number of nitrogens with two attached hydrogens (primary N) is 1. The first-order valence-electron chi connectivity index (χ1n) is 20.7. The Hall–Kier alpha value is -6.20. The van der Waals surface area contributed by atoms with Crippen molar-refractivity contribution in [1.29, 1.82) is 0 Å². The smallest absolute Gasteiger partial charge is 0.276 e. The van der Waals surface area contributed by atoms with E-state index in [-0.39, 0.29) is 40.7 Å². The quantitative estimate of drug-likeness (QED) is 0.194. The molecule has 5 aromatic rings. The Morgan fingerprint density at radius 1 is 0.883 bits per heavy atom. The molecule has 0 aliphatic carbocycles. The lowest BCUT2D eigenvalue weighted by Crippen LogP contribution is -2.41. The Kier molecular flexibility index (Phi) is 10.8. The second kappa shape index (κ2) is 16.5. The third kappa shape index (κ3) is 8.06. The Morgan fingerprint density at radius 2 is 1.65 bits per heavy atom. The van der Waals surface area contributed by atoms with E-state index in [4.69, 9.17) is 20.4 Å². The number of carbonyl (C=O) groups is 2. The van der Waals surface area contributed by atoms with Crippen LogP contribution >= 0.6 is 0 Å². The molecule has 17 heteroatoms. The third-order valence-electron chi connectivity index (χ3n) is 12.2. The van der Waals surface area contributed by atoms with Gasteiger partial charge in [-0.1, -0.05) is 37.3 Å². The predicted octanol–water partition coefficient (Wildman–Crippen LogP) is 3.75. The van der Waals surface area contributed by atoms with E-state index in [1.807, 2.05) is 13.8 Å². The molecule has 4 N–H and O–H groups in total. The van der Waals surface area contributed by atoms with Gasteiger partial charge < -0.3 is 35.4 Å². The number of rotatable bonds is 9. The standard InChI is InChI=1S/C43H50N12O5/c1-26(2)33-16-34(38(57)17-37(33)56)41(58)54-22-29-4-3-28(15-30(29)23-54)20-51-8-5-27(6-9-51)21-55-25-36(49-50-55)42(59)53-10-7-32-35(24-53)47-39(31-18-45-43(44)46-19-31)48-40(32)52-11-13-60-14-12-52/h3-4,15-19,25-27,56-57H,5-14,20-24H2,1-2H3,(H2,44,45,46). The first-order valence-corrected chi connectivity index (χ1v) is 20.7. The molecular formula is C43H50N12O5. The maximum Gasteiger partial charge on any atom is 0.276 e. The van der Waals surface area contributed by atoms with E-state index in [9.17, 15) is 19.8 Å². The summed E-state index contributed by atoms with van der Waals surface area (Å²) in [6.45, 7) is 11.8. The van der Waals surface area contributed by atoms with Crippen LogP contribution in [0, 0.1) is 5.92 Å². The Bertz CT molecular complexity index is 2410. The molecule has 7 heterocycles. The van der Waals surface area contributed by atoms with Crippen LogP contribution in [0.15, 0.2) is 48.9 Å². The van der Waals surface area contributed by atoms with Crippen LogP contribution in [0.2, 0.25) is 0 Å². The zero-order valence-corrected chi connectivity index (χ0v) is 34.0. The predicted molar refractivity (Wildman–Crippen MR) is 221 cm³/mol. The normalized spacial score (nSPS) is 17.3. The fourth-order valence-electron chi connectivity index (χ4n) is 8.79. The maximum absolute atomic E-state index is 13.8. The monoisotopic (exact) mass is 814 g/mol. The number of aromatic hydroxyl groups is 2. The molecule has 2 fully saturated rings. The minimum absolute atomic E-state index is 0.00462. The van der Waals surface area contributed by atoms with Crippen LogP contribution in [-0.4, -0.2) is 118 Å². The number of hydrogen-bond acceptors (Lipinski definition) is 14. The minimum atomic E-state index is -0.246. The number of morpholine rings is 1. The van der Waals surface area contributed by atoms with E-state index in [0.717, 1.165) is 73.8 Å². The molecule has 3 aromatic heterocycles. The third-order valence-corrected chi connectivity index (χ3v) is 12.2. The van der Waals surface area contributed by atoms with Gasteiger partial charge in [-0.2, -0.15) is 0 Å². The Labute approximate surface area is 347 Å². The number of aromatic nitrogens is 7. The van der Waals surface area contributed by atoms with Crippen LogP contribution in [0.4, 0.5) is 11.8 Å². The molecule has 0 saturated carbocycles. The van der Waals surface area contributed by atoms with Gasteiger partial charge in [0.1, 0.15) is 17.3 Å². The average molecular weight is 815 g/mol. The number of phenolic OH excluding ortho intramolecular Hbond substituents is 2. The maximum atomic E-state index is 13.8. The van der Waals surface area contributed by atoms with E-state index in [1.165, 1.54) is 11.6 Å². The van der Waals surface area contributed by atoms with E-state index in [0.29, 0.717) is 80.9 Å². The molecule has 0 unspecified atom stereocenters. The van der Waals surface area contributed by atoms with Crippen molar-refractivity contribution in [1.82, 2.24) is 49.6 Å². The molecule has 0 radical (unpaired) electrons. The molecule has 2 aromatic carbocycles. The van der Waals surface area contributed by atoms with Crippen molar-refractivity contribution in [2.75, 3.05) is 56.6 Å². The Morgan fingerprint density at radius 3 is 2.42 bits per heavy atom. The molecule has 2 amide bonds. The van der Waals surface area contributed by atoms with Gasteiger partial charge in [0.25, 0.3) is 11.8 Å². The van der Waals surface area contributed by atoms with Gasteiger partial charge in [-0.15, -0.1) is 5.10 Å². The number of ether oxygens (including phenoxy) is 1. The van der Waals surface area contributed by atoms with Gasteiger partial charge in [0, 0.05) is 69.8 Å². The van der Waals surface area contributed by atoms with Gasteiger partial charge in [-0.3, -0.25) is 19.2 Å². The highest BCUT2D eigenvalue weighted by Gasteiger charge is 2.31. The van der Waals surface area contributed by atoms with Crippen molar-refractivity contribution in [2.45, 2.75) is 71.8 Å². The van der Waals surface area contributed by atoms with Crippen LogP contribution in [0.1, 0.15) is 87.0 Å². The molecule has 4 aliphatic rings. The van der Waals surface area contributed by atoms with Gasteiger partial charge in [-0.05, 0) is 72.5 Å². The van der Waals surface area contributed by atoms with Crippen LogP contribution in [0.25, 0.3) is 11.4 Å². The van der Waals surface area contributed by atoms with E-state index < -0.39 is 0 Å². The van der Waals surface area contributed by atoms with E-state index in [2.05, 4.69) is 48.3 Å². The molecule has 312 valence electrons. The highest BCUT2D eigenvalue weighted by molar-refractivity contribution is 5.97. The summed E-state index contributed by atoms with van der Waals surface area (Å²) >= 11 is 0. The lowest BCUT2D eigenvalue weighted by Gasteiger charge is -2.34. The lowest BCUT2D eigenvalue weighted by molar-refractivity contribution is 0.0723. The fraction of sp³-hybridized carbons (Fsp3) is 0.442. The molecule has 60 heavy (non-hydrogen) atoms. The molecule has 17 nitrogen and oxygen atoms in total. The largest absolute Gasteiger partial charge is 0.508 e. The number of phenols is 2. The van der Waals surface area contributed by atoms with Crippen molar-refractivity contribution in [3.05, 3.63) is 93.7 Å². The molecule has 9 rings (SSSR count). The van der Waals surface area contributed by atoms with E-state index in [1.54, 1.807) is 39.1 Å². The van der Waals surface area contributed by atoms with Crippen LogP contribution in [0.3, 0.4) is 0 Å². The minimum Gasteiger partial charge on any atom is -0.508 e. The lowest BCUT2D eigenvalue weighted by atomic mass is 9.96. The fourth-order valence-corrected chi connectivity index (χ4v) is 8.79.